The van der Waals surface area contributed by atoms with Crippen LogP contribution in [0.4, 0.5) is 0 Å². The third-order valence-corrected chi connectivity index (χ3v) is 1.53. The van der Waals surface area contributed by atoms with E-state index in [2.05, 4.69) is 10.5 Å². The van der Waals surface area contributed by atoms with Gasteiger partial charge in [0.25, 0.3) is 0 Å². The van der Waals surface area contributed by atoms with Gasteiger partial charge < -0.3 is 10.5 Å². The number of rotatable bonds is 1. The molecule has 2 radical (unpaired) electrons. The predicted octanol–water partition coefficient (Wildman–Crippen LogP) is -0.589. The Bertz CT molecular complexity index is 61.4. The molecule has 0 bridgehead atoms. The summed E-state index contributed by atoms with van der Waals surface area (Å²) in [5.74, 6) is 0. The summed E-state index contributed by atoms with van der Waals surface area (Å²) in [6, 6.07) is 0.503. The smallest absolute Gasteiger partial charge is 0.178 e. The molecule has 0 aromatic heterocycles. The minimum atomic E-state index is 0.503. The van der Waals surface area contributed by atoms with Crippen LogP contribution in [-0.4, -0.2) is 27.1 Å². The highest BCUT2D eigenvalue weighted by molar-refractivity contribution is 6.04. The molecule has 0 amide bonds. The predicted molar refractivity (Wildman–Crippen MR) is 34.8 cm³/mol. The van der Waals surface area contributed by atoms with E-state index in [0.717, 1.165) is 13.1 Å². The zero-order valence-corrected chi connectivity index (χ0v) is 4.98. The third-order valence-electron chi connectivity index (χ3n) is 1.53. The normalized spacial score (nSPS) is 30.2. The highest BCUT2D eigenvalue weighted by Crippen LogP contribution is 1.98. The van der Waals surface area contributed by atoms with Crippen molar-refractivity contribution in [2.24, 2.45) is 0 Å². The highest BCUT2D eigenvalue weighted by Gasteiger charge is 2.08. The maximum atomic E-state index is 5.21. The maximum absolute atomic E-state index is 5.21. The van der Waals surface area contributed by atoms with Crippen molar-refractivity contribution in [3.05, 3.63) is 0 Å². The minimum Gasteiger partial charge on any atom is -0.363 e. The lowest BCUT2D eigenvalue weighted by Crippen LogP contribution is -2.41. The van der Waals surface area contributed by atoms with Crippen LogP contribution in [0.2, 0.25) is 0 Å². The molecule has 1 saturated heterocycles. The van der Waals surface area contributed by atoms with Gasteiger partial charge in [-0.05, 0) is 19.4 Å². The summed E-state index contributed by atoms with van der Waals surface area (Å²) in [5, 5.41) is 5.98. The zero-order chi connectivity index (χ0) is 5.82. The molecule has 0 aromatic rings. The van der Waals surface area contributed by atoms with Crippen molar-refractivity contribution < 1.29 is 0 Å². The molecule has 3 heteroatoms. The Morgan fingerprint density at radius 1 is 1.62 bits per heavy atom. The van der Waals surface area contributed by atoms with Crippen molar-refractivity contribution in [3.63, 3.8) is 0 Å². The molecular weight excluding hydrogens is 98.9 g/mol. The van der Waals surface area contributed by atoms with E-state index in [4.69, 9.17) is 7.98 Å². The average Bonchev–Trinajstić information content (AvgIpc) is 1.90. The molecule has 0 aliphatic carbocycles. The summed E-state index contributed by atoms with van der Waals surface area (Å²) in [5.41, 5.74) is 0. The molecule has 1 aliphatic rings. The van der Waals surface area contributed by atoms with E-state index in [1.54, 1.807) is 0 Å². The van der Waals surface area contributed by atoms with Crippen LogP contribution in [0.5, 0.6) is 0 Å². The van der Waals surface area contributed by atoms with Crippen LogP contribution in [0.3, 0.4) is 0 Å². The molecule has 0 spiro atoms. The molecule has 2 N–H and O–H groups in total. The number of hydrogen-bond donors (Lipinski definition) is 2. The standard InChI is InChI=1S/C5H11BN2/c6-8-5-2-1-3-7-4-5/h5,7-8H,1-4H2/t5-/m0/s1. The van der Waals surface area contributed by atoms with Gasteiger partial charge in [-0.1, -0.05) is 0 Å². The second-order valence-electron chi connectivity index (χ2n) is 2.21. The maximum Gasteiger partial charge on any atom is 0.178 e. The van der Waals surface area contributed by atoms with E-state index in [0.29, 0.717) is 6.04 Å². The SMILES string of the molecule is [B]N[C@H]1CCCNC1. The fraction of sp³-hybridized carbons (Fsp3) is 1.00. The lowest BCUT2D eigenvalue weighted by Gasteiger charge is -2.21. The Morgan fingerprint density at radius 3 is 2.88 bits per heavy atom. The van der Waals surface area contributed by atoms with Gasteiger partial charge in [0.1, 0.15) is 0 Å². The van der Waals surface area contributed by atoms with Crippen molar-refractivity contribution in [1.29, 1.82) is 0 Å². The van der Waals surface area contributed by atoms with Gasteiger partial charge in [0, 0.05) is 12.6 Å². The lowest BCUT2D eigenvalue weighted by atomic mass is 10.1. The van der Waals surface area contributed by atoms with Crippen LogP contribution in [0.15, 0.2) is 0 Å². The van der Waals surface area contributed by atoms with Crippen LogP contribution in [0, 0.1) is 0 Å². The largest absolute Gasteiger partial charge is 0.363 e. The Hall–Kier alpha value is -0.0151. The van der Waals surface area contributed by atoms with E-state index in [1.165, 1.54) is 12.8 Å². The van der Waals surface area contributed by atoms with Gasteiger partial charge in [0.15, 0.2) is 7.98 Å². The summed E-state index contributed by atoms with van der Waals surface area (Å²) < 4.78 is 0. The summed E-state index contributed by atoms with van der Waals surface area (Å²) in [7, 11) is 5.21. The molecule has 2 nitrogen and oxygen atoms in total. The van der Waals surface area contributed by atoms with Gasteiger partial charge in [0.05, 0.1) is 0 Å². The second kappa shape index (κ2) is 3.10. The van der Waals surface area contributed by atoms with Gasteiger partial charge in [-0.2, -0.15) is 0 Å². The molecule has 0 saturated carbocycles. The molecule has 1 rings (SSSR count). The van der Waals surface area contributed by atoms with E-state index >= 15 is 0 Å². The Morgan fingerprint density at radius 2 is 2.50 bits per heavy atom. The Labute approximate surface area is 51.5 Å². The fourth-order valence-corrected chi connectivity index (χ4v) is 0.994. The summed E-state index contributed by atoms with van der Waals surface area (Å²) in [6.07, 6.45) is 2.46. The van der Waals surface area contributed by atoms with Crippen molar-refractivity contribution in [3.8, 4) is 0 Å². The first kappa shape index (κ1) is 6.11. The van der Waals surface area contributed by atoms with E-state index < -0.39 is 0 Å². The molecule has 0 unspecified atom stereocenters. The van der Waals surface area contributed by atoms with Crippen molar-refractivity contribution >= 4 is 7.98 Å². The van der Waals surface area contributed by atoms with Gasteiger partial charge in [0.2, 0.25) is 0 Å². The highest BCUT2D eigenvalue weighted by atomic mass is 14.9. The van der Waals surface area contributed by atoms with Gasteiger partial charge in [-0.15, -0.1) is 0 Å². The quantitative estimate of drug-likeness (QED) is 0.441. The summed E-state index contributed by atoms with van der Waals surface area (Å²) in [4.78, 5) is 0. The number of piperidine rings is 1. The molecule has 1 heterocycles. The molecular formula is C5H11BN2. The molecule has 1 aliphatic heterocycles. The Kier molecular flexibility index (Phi) is 2.37. The van der Waals surface area contributed by atoms with Crippen molar-refractivity contribution in [1.82, 2.24) is 10.5 Å². The number of hydrogen-bond acceptors (Lipinski definition) is 2. The average molecular weight is 110 g/mol. The first-order valence-corrected chi connectivity index (χ1v) is 3.10. The molecule has 1 fully saturated rings. The van der Waals surface area contributed by atoms with Crippen LogP contribution in [0.25, 0.3) is 0 Å². The zero-order valence-electron chi connectivity index (χ0n) is 4.98. The van der Waals surface area contributed by atoms with Crippen molar-refractivity contribution in [2.75, 3.05) is 13.1 Å². The van der Waals surface area contributed by atoms with E-state index in [-0.39, 0.29) is 0 Å². The summed E-state index contributed by atoms with van der Waals surface area (Å²) in [6.45, 7) is 2.18. The molecule has 1 atom stereocenters. The van der Waals surface area contributed by atoms with Crippen LogP contribution in [0.1, 0.15) is 12.8 Å². The molecule has 44 valence electrons. The molecule has 0 aromatic carbocycles. The van der Waals surface area contributed by atoms with Gasteiger partial charge in [-0.3, -0.25) is 0 Å². The minimum absolute atomic E-state index is 0.503. The van der Waals surface area contributed by atoms with E-state index in [1.807, 2.05) is 0 Å². The monoisotopic (exact) mass is 110 g/mol. The second-order valence-corrected chi connectivity index (χ2v) is 2.21. The van der Waals surface area contributed by atoms with Crippen molar-refractivity contribution in [2.45, 2.75) is 18.9 Å². The van der Waals surface area contributed by atoms with Crippen LogP contribution in [-0.2, 0) is 0 Å². The first-order valence-electron chi connectivity index (χ1n) is 3.10. The van der Waals surface area contributed by atoms with Gasteiger partial charge in [-0.25, -0.2) is 0 Å². The number of nitrogens with one attached hydrogen (secondary N) is 2. The van der Waals surface area contributed by atoms with Gasteiger partial charge >= 0.3 is 0 Å². The third kappa shape index (κ3) is 1.49. The topological polar surface area (TPSA) is 24.1 Å². The lowest BCUT2D eigenvalue weighted by molar-refractivity contribution is 0.438. The van der Waals surface area contributed by atoms with E-state index in [9.17, 15) is 0 Å². The Balaban J connectivity index is 2.13. The summed E-state index contributed by atoms with van der Waals surface area (Å²) >= 11 is 0. The fourth-order valence-electron chi connectivity index (χ4n) is 0.994. The van der Waals surface area contributed by atoms with Crippen LogP contribution < -0.4 is 10.5 Å². The molecule has 8 heavy (non-hydrogen) atoms. The first-order chi connectivity index (χ1) is 3.93. The van der Waals surface area contributed by atoms with Crippen LogP contribution >= 0.6 is 0 Å².